The van der Waals surface area contributed by atoms with Crippen LogP contribution in [0.2, 0.25) is 0 Å². The summed E-state index contributed by atoms with van der Waals surface area (Å²) in [6.45, 7) is 2.22. The number of nitrogens with one attached hydrogen (secondary N) is 1. The van der Waals surface area contributed by atoms with Gasteiger partial charge in [0.15, 0.2) is 0 Å². The molecule has 0 amide bonds. The van der Waals surface area contributed by atoms with E-state index in [2.05, 4.69) is 26.0 Å². The number of halogens is 1. The highest BCUT2D eigenvalue weighted by molar-refractivity contribution is 9.10. The molecule has 0 saturated carbocycles. The largest absolute Gasteiger partial charge is 0.467 e. The van der Waals surface area contributed by atoms with Gasteiger partial charge in [-0.05, 0) is 19.1 Å². The molecule has 0 radical (unpaired) electrons. The second-order valence-electron chi connectivity index (χ2n) is 3.59. The molecule has 0 aromatic heterocycles. The first-order chi connectivity index (χ1) is 8.10. The number of benzene rings is 1. The second kappa shape index (κ2) is 6.61. The van der Waals surface area contributed by atoms with Gasteiger partial charge in [0.25, 0.3) is 0 Å². The molecule has 0 aliphatic rings. The van der Waals surface area contributed by atoms with Gasteiger partial charge in [-0.2, -0.15) is 0 Å². The lowest BCUT2D eigenvalue weighted by atomic mass is 10.1. The molecule has 0 aliphatic carbocycles. The first kappa shape index (κ1) is 14.0. The van der Waals surface area contributed by atoms with Crippen molar-refractivity contribution in [2.24, 2.45) is 0 Å². The molecular formula is C12H16BrNO3. The summed E-state index contributed by atoms with van der Waals surface area (Å²) in [4.78, 5) is 11.3. The van der Waals surface area contributed by atoms with Gasteiger partial charge in [0.05, 0.1) is 13.7 Å². The monoisotopic (exact) mass is 301 g/mol. The minimum absolute atomic E-state index is 0.298. The Bertz CT molecular complexity index is 395. The van der Waals surface area contributed by atoms with Gasteiger partial charge in [-0.3, -0.25) is 0 Å². The fourth-order valence-corrected chi connectivity index (χ4v) is 1.93. The SMILES string of the molecule is COCc1c(Br)cccc1NC(C)C(=O)OC. The molecule has 17 heavy (non-hydrogen) atoms. The second-order valence-corrected chi connectivity index (χ2v) is 4.44. The molecule has 94 valence electrons. The highest BCUT2D eigenvalue weighted by atomic mass is 79.9. The Kier molecular flexibility index (Phi) is 5.44. The van der Waals surface area contributed by atoms with E-state index in [1.807, 2.05) is 18.2 Å². The van der Waals surface area contributed by atoms with Gasteiger partial charge >= 0.3 is 5.97 Å². The van der Waals surface area contributed by atoms with E-state index < -0.39 is 6.04 Å². The van der Waals surface area contributed by atoms with E-state index in [4.69, 9.17) is 4.74 Å². The molecule has 1 aromatic rings. The maximum atomic E-state index is 11.3. The Morgan fingerprint density at radius 3 is 2.76 bits per heavy atom. The van der Waals surface area contributed by atoms with Crippen LogP contribution >= 0.6 is 15.9 Å². The number of ether oxygens (including phenoxy) is 2. The Morgan fingerprint density at radius 2 is 2.18 bits per heavy atom. The maximum absolute atomic E-state index is 11.3. The summed E-state index contributed by atoms with van der Waals surface area (Å²) in [6.07, 6.45) is 0. The van der Waals surface area contributed by atoms with Gasteiger partial charge in [0.2, 0.25) is 0 Å². The quantitative estimate of drug-likeness (QED) is 0.849. The van der Waals surface area contributed by atoms with Crippen molar-refractivity contribution in [1.29, 1.82) is 0 Å². The van der Waals surface area contributed by atoms with E-state index in [9.17, 15) is 4.79 Å². The topological polar surface area (TPSA) is 47.6 Å². The number of esters is 1. The maximum Gasteiger partial charge on any atom is 0.327 e. The standard InChI is InChI=1S/C12H16BrNO3/c1-8(12(15)17-3)14-11-6-4-5-10(13)9(11)7-16-2/h4-6,8,14H,7H2,1-3H3. The summed E-state index contributed by atoms with van der Waals surface area (Å²) < 4.78 is 10.7. The van der Waals surface area contributed by atoms with Crippen LogP contribution in [0.3, 0.4) is 0 Å². The van der Waals surface area contributed by atoms with Crippen LogP contribution in [-0.2, 0) is 20.9 Å². The lowest BCUT2D eigenvalue weighted by Gasteiger charge is -2.17. The fourth-order valence-electron chi connectivity index (χ4n) is 1.45. The summed E-state index contributed by atoms with van der Waals surface area (Å²) in [6, 6.07) is 5.33. The lowest BCUT2D eigenvalue weighted by molar-refractivity contribution is -0.141. The molecular weight excluding hydrogens is 286 g/mol. The third-order valence-electron chi connectivity index (χ3n) is 2.33. The Hall–Kier alpha value is -1.07. The molecule has 4 nitrogen and oxygen atoms in total. The molecule has 1 atom stereocenters. The van der Waals surface area contributed by atoms with Crippen LogP contribution in [0.15, 0.2) is 22.7 Å². The number of anilines is 1. The third-order valence-corrected chi connectivity index (χ3v) is 3.08. The van der Waals surface area contributed by atoms with Gasteiger partial charge in [0.1, 0.15) is 6.04 Å². The van der Waals surface area contributed by atoms with Crippen molar-refractivity contribution in [1.82, 2.24) is 0 Å². The zero-order chi connectivity index (χ0) is 12.8. The first-order valence-electron chi connectivity index (χ1n) is 5.20. The zero-order valence-electron chi connectivity index (χ0n) is 10.1. The molecule has 1 N–H and O–H groups in total. The number of carbonyl (C=O) groups excluding carboxylic acids is 1. The van der Waals surface area contributed by atoms with Crippen LogP contribution < -0.4 is 5.32 Å². The third kappa shape index (κ3) is 3.71. The molecule has 0 bridgehead atoms. The summed E-state index contributed by atoms with van der Waals surface area (Å²) in [5, 5.41) is 3.10. The normalized spacial score (nSPS) is 12.0. The van der Waals surface area contributed by atoms with Crippen molar-refractivity contribution < 1.29 is 14.3 Å². The van der Waals surface area contributed by atoms with E-state index in [1.165, 1.54) is 7.11 Å². The van der Waals surface area contributed by atoms with Crippen LogP contribution in [0.4, 0.5) is 5.69 Å². The summed E-state index contributed by atoms with van der Waals surface area (Å²) >= 11 is 3.46. The van der Waals surface area contributed by atoms with E-state index in [-0.39, 0.29) is 5.97 Å². The average Bonchev–Trinajstić information content (AvgIpc) is 2.32. The van der Waals surface area contributed by atoms with Crippen molar-refractivity contribution in [2.45, 2.75) is 19.6 Å². The number of hydrogen-bond acceptors (Lipinski definition) is 4. The van der Waals surface area contributed by atoms with E-state index in [0.717, 1.165) is 15.7 Å². The smallest absolute Gasteiger partial charge is 0.327 e. The van der Waals surface area contributed by atoms with Crippen molar-refractivity contribution >= 4 is 27.6 Å². The Labute approximate surface area is 109 Å². The van der Waals surface area contributed by atoms with Crippen LogP contribution in [0, 0.1) is 0 Å². The van der Waals surface area contributed by atoms with Crippen molar-refractivity contribution in [3.05, 3.63) is 28.2 Å². The number of hydrogen-bond donors (Lipinski definition) is 1. The van der Waals surface area contributed by atoms with Gasteiger partial charge in [-0.15, -0.1) is 0 Å². The molecule has 0 spiro atoms. The molecule has 1 unspecified atom stereocenters. The van der Waals surface area contributed by atoms with Crippen LogP contribution in [-0.4, -0.2) is 26.2 Å². The number of carbonyl (C=O) groups is 1. The highest BCUT2D eigenvalue weighted by Gasteiger charge is 2.15. The van der Waals surface area contributed by atoms with Crippen LogP contribution in [0.5, 0.6) is 0 Å². The van der Waals surface area contributed by atoms with Gasteiger partial charge < -0.3 is 14.8 Å². The summed E-state index contributed by atoms with van der Waals surface area (Å²) in [5.41, 5.74) is 1.84. The highest BCUT2D eigenvalue weighted by Crippen LogP contribution is 2.26. The fraction of sp³-hybridized carbons (Fsp3) is 0.417. The van der Waals surface area contributed by atoms with E-state index in [0.29, 0.717) is 6.61 Å². The van der Waals surface area contributed by atoms with Gasteiger partial charge in [0, 0.05) is 22.8 Å². The Morgan fingerprint density at radius 1 is 1.47 bits per heavy atom. The van der Waals surface area contributed by atoms with Crippen molar-refractivity contribution in [3.8, 4) is 0 Å². The van der Waals surface area contributed by atoms with Crippen molar-refractivity contribution in [2.75, 3.05) is 19.5 Å². The minimum atomic E-state index is -0.398. The zero-order valence-corrected chi connectivity index (χ0v) is 11.7. The minimum Gasteiger partial charge on any atom is -0.467 e. The van der Waals surface area contributed by atoms with Gasteiger partial charge in [-0.1, -0.05) is 22.0 Å². The molecule has 0 heterocycles. The first-order valence-corrected chi connectivity index (χ1v) is 6.00. The summed E-state index contributed by atoms with van der Waals surface area (Å²) in [5.74, 6) is -0.298. The van der Waals surface area contributed by atoms with Crippen LogP contribution in [0.1, 0.15) is 12.5 Å². The Balaban J connectivity index is 2.90. The number of methoxy groups -OCH3 is 2. The molecule has 5 heteroatoms. The van der Waals surface area contributed by atoms with Crippen molar-refractivity contribution in [3.63, 3.8) is 0 Å². The predicted molar refractivity (Wildman–Crippen MR) is 70.0 cm³/mol. The van der Waals surface area contributed by atoms with E-state index >= 15 is 0 Å². The lowest BCUT2D eigenvalue weighted by Crippen LogP contribution is -2.27. The summed E-state index contributed by atoms with van der Waals surface area (Å²) in [7, 11) is 3.00. The predicted octanol–water partition coefficient (Wildman–Crippen LogP) is 2.57. The van der Waals surface area contributed by atoms with E-state index in [1.54, 1.807) is 14.0 Å². The van der Waals surface area contributed by atoms with Crippen LogP contribution in [0.25, 0.3) is 0 Å². The number of rotatable bonds is 5. The molecule has 1 aromatic carbocycles. The molecule has 0 aliphatic heterocycles. The molecule has 0 fully saturated rings. The average molecular weight is 302 g/mol. The van der Waals surface area contributed by atoms with Gasteiger partial charge in [-0.25, -0.2) is 4.79 Å². The molecule has 0 saturated heterocycles. The molecule has 1 rings (SSSR count).